The zero-order valence-corrected chi connectivity index (χ0v) is 11.6. The van der Waals surface area contributed by atoms with Gasteiger partial charge in [-0.15, -0.1) is 0 Å². The van der Waals surface area contributed by atoms with E-state index in [4.69, 9.17) is 20.9 Å². The average molecular weight is 293 g/mol. The maximum absolute atomic E-state index is 12.1. The summed E-state index contributed by atoms with van der Waals surface area (Å²) >= 11 is 6.10. The number of fused-ring (bicyclic) bond motifs is 1. The van der Waals surface area contributed by atoms with Crippen LogP contribution in [0.3, 0.4) is 0 Å². The van der Waals surface area contributed by atoms with E-state index in [1.165, 1.54) is 0 Å². The first-order valence-electron chi connectivity index (χ1n) is 6.30. The van der Waals surface area contributed by atoms with Crippen LogP contribution in [0.1, 0.15) is 34.3 Å². The topological polar surface area (TPSA) is 64.4 Å². The first kappa shape index (κ1) is 13.0. The van der Waals surface area contributed by atoms with Crippen molar-refractivity contribution in [3.63, 3.8) is 0 Å². The molecule has 20 heavy (non-hydrogen) atoms. The van der Waals surface area contributed by atoms with Gasteiger partial charge in [-0.25, -0.2) is 0 Å². The molecule has 2 heterocycles. The molecule has 1 amide bonds. The lowest BCUT2D eigenvalue weighted by atomic mass is 10.0. The molecule has 6 heteroatoms. The molecule has 0 bridgehead atoms. The molecule has 1 aliphatic heterocycles. The number of carbonyl (C=O) groups is 1. The summed E-state index contributed by atoms with van der Waals surface area (Å²) in [4.78, 5) is 12.1. The van der Waals surface area contributed by atoms with Gasteiger partial charge in [0.2, 0.25) is 0 Å². The van der Waals surface area contributed by atoms with Gasteiger partial charge >= 0.3 is 0 Å². The number of nitrogens with one attached hydrogen (secondary N) is 1. The Morgan fingerprint density at radius 1 is 1.50 bits per heavy atom. The second kappa shape index (κ2) is 5.17. The molecule has 0 radical (unpaired) electrons. The molecular weight excluding hydrogens is 280 g/mol. The van der Waals surface area contributed by atoms with Crippen molar-refractivity contribution < 1.29 is 14.1 Å². The molecule has 1 N–H and O–H groups in total. The van der Waals surface area contributed by atoms with Crippen LogP contribution in [0.5, 0.6) is 5.75 Å². The molecule has 0 aliphatic carbocycles. The highest BCUT2D eigenvalue weighted by Gasteiger charge is 2.25. The van der Waals surface area contributed by atoms with Crippen LogP contribution in [0.2, 0.25) is 5.02 Å². The molecule has 2 aromatic rings. The Morgan fingerprint density at radius 3 is 3.10 bits per heavy atom. The molecule has 1 aromatic heterocycles. The van der Waals surface area contributed by atoms with Gasteiger partial charge in [0.1, 0.15) is 11.5 Å². The van der Waals surface area contributed by atoms with Crippen molar-refractivity contribution in [3.05, 3.63) is 46.3 Å². The fraction of sp³-hybridized carbons (Fsp3) is 0.286. The first-order valence-corrected chi connectivity index (χ1v) is 6.68. The zero-order chi connectivity index (χ0) is 14.1. The number of benzene rings is 1. The molecule has 1 aromatic carbocycles. The van der Waals surface area contributed by atoms with E-state index in [0.29, 0.717) is 29.6 Å². The Bertz CT molecular complexity index is 654. The van der Waals surface area contributed by atoms with Gasteiger partial charge in [0.05, 0.1) is 17.7 Å². The molecule has 1 aliphatic rings. The summed E-state index contributed by atoms with van der Waals surface area (Å²) in [6.07, 6.45) is 0.690. The Labute approximate surface area is 120 Å². The second-order valence-corrected chi connectivity index (χ2v) is 5.05. The molecule has 104 valence electrons. The number of aryl methyl sites for hydroxylation is 1. The molecule has 5 nitrogen and oxygen atoms in total. The van der Waals surface area contributed by atoms with Crippen LogP contribution in [0.4, 0.5) is 0 Å². The smallest absolute Gasteiger partial charge is 0.273 e. The van der Waals surface area contributed by atoms with Crippen LogP contribution in [0.25, 0.3) is 0 Å². The SMILES string of the molecule is Cc1cc(C(=O)N[C@@H]2CCOc3c(Cl)cccc32)no1. The van der Waals surface area contributed by atoms with E-state index in [2.05, 4.69) is 10.5 Å². The summed E-state index contributed by atoms with van der Waals surface area (Å²) in [5, 5.41) is 7.20. The van der Waals surface area contributed by atoms with Gasteiger partial charge in [0, 0.05) is 18.1 Å². The Kier molecular flexibility index (Phi) is 3.36. The molecule has 1 atom stereocenters. The van der Waals surface area contributed by atoms with Crippen LogP contribution in [0, 0.1) is 6.92 Å². The van der Waals surface area contributed by atoms with Crippen LogP contribution < -0.4 is 10.1 Å². The van der Waals surface area contributed by atoms with Crippen LogP contribution in [-0.2, 0) is 0 Å². The zero-order valence-electron chi connectivity index (χ0n) is 10.9. The van der Waals surface area contributed by atoms with Gasteiger partial charge in [-0.2, -0.15) is 0 Å². The summed E-state index contributed by atoms with van der Waals surface area (Å²) in [6, 6.07) is 6.98. The van der Waals surface area contributed by atoms with Crippen LogP contribution in [-0.4, -0.2) is 17.7 Å². The van der Waals surface area contributed by atoms with Gasteiger partial charge in [-0.05, 0) is 13.0 Å². The summed E-state index contributed by atoms with van der Waals surface area (Å²) in [5.74, 6) is 0.979. The Balaban J connectivity index is 1.83. The number of ether oxygens (including phenoxy) is 1. The lowest BCUT2D eigenvalue weighted by Crippen LogP contribution is -2.32. The molecule has 0 saturated carbocycles. The number of hydrogen-bond acceptors (Lipinski definition) is 4. The molecule has 0 unspecified atom stereocenters. The summed E-state index contributed by atoms with van der Waals surface area (Å²) < 4.78 is 10.5. The quantitative estimate of drug-likeness (QED) is 0.924. The number of amides is 1. The van der Waals surface area contributed by atoms with Crippen molar-refractivity contribution in [1.82, 2.24) is 10.5 Å². The van der Waals surface area contributed by atoms with Crippen molar-refractivity contribution in [2.24, 2.45) is 0 Å². The summed E-state index contributed by atoms with van der Waals surface area (Å²) in [7, 11) is 0. The van der Waals surface area contributed by atoms with Crippen molar-refractivity contribution >= 4 is 17.5 Å². The number of para-hydroxylation sites is 1. The van der Waals surface area contributed by atoms with Gasteiger partial charge in [0.25, 0.3) is 5.91 Å². The molecule has 0 fully saturated rings. The fourth-order valence-electron chi connectivity index (χ4n) is 2.24. The third-order valence-electron chi connectivity index (χ3n) is 3.19. The number of carbonyl (C=O) groups excluding carboxylic acids is 1. The fourth-order valence-corrected chi connectivity index (χ4v) is 2.48. The normalized spacial score (nSPS) is 17.2. The van der Waals surface area contributed by atoms with Crippen LogP contribution in [0.15, 0.2) is 28.8 Å². The van der Waals surface area contributed by atoms with Crippen molar-refractivity contribution in [2.45, 2.75) is 19.4 Å². The van der Waals surface area contributed by atoms with Crippen LogP contribution >= 0.6 is 11.6 Å². The van der Waals surface area contributed by atoms with E-state index < -0.39 is 0 Å². The highest BCUT2D eigenvalue weighted by atomic mass is 35.5. The monoisotopic (exact) mass is 292 g/mol. The summed E-state index contributed by atoms with van der Waals surface area (Å²) in [6.45, 7) is 2.26. The molecular formula is C14H13ClN2O3. The second-order valence-electron chi connectivity index (χ2n) is 4.64. The van der Waals surface area contributed by atoms with E-state index in [-0.39, 0.29) is 17.6 Å². The van der Waals surface area contributed by atoms with Crippen molar-refractivity contribution in [2.75, 3.05) is 6.61 Å². The minimum atomic E-state index is -0.264. The predicted octanol–water partition coefficient (Wildman–Crippen LogP) is 2.89. The molecule has 3 rings (SSSR count). The maximum Gasteiger partial charge on any atom is 0.273 e. The van der Waals surface area contributed by atoms with E-state index in [1.54, 1.807) is 19.1 Å². The first-order chi connectivity index (χ1) is 9.65. The number of nitrogens with zero attached hydrogens (tertiary/aromatic N) is 1. The van der Waals surface area contributed by atoms with E-state index in [0.717, 1.165) is 5.56 Å². The lowest BCUT2D eigenvalue weighted by Gasteiger charge is -2.27. The largest absolute Gasteiger partial charge is 0.492 e. The number of hydrogen-bond donors (Lipinski definition) is 1. The molecule has 0 spiro atoms. The predicted molar refractivity (Wildman–Crippen MR) is 73.0 cm³/mol. The van der Waals surface area contributed by atoms with Gasteiger partial charge in [0.15, 0.2) is 5.69 Å². The molecule has 0 saturated heterocycles. The maximum atomic E-state index is 12.1. The minimum absolute atomic E-state index is 0.137. The number of halogens is 1. The number of rotatable bonds is 2. The third kappa shape index (κ3) is 2.36. The van der Waals surface area contributed by atoms with Crippen molar-refractivity contribution in [3.8, 4) is 5.75 Å². The van der Waals surface area contributed by atoms with Crippen molar-refractivity contribution in [1.29, 1.82) is 0 Å². The standard InChI is InChI=1S/C14H13ClN2O3/c1-8-7-12(17-20-8)14(18)16-11-5-6-19-13-9(11)3-2-4-10(13)15/h2-4,7,11H,5-6H2,1H3,(H,16,18)/t11-/m1/s1. The third-order valence-corrected chi connectivity index (χ3v) is 3.49. The van der Waals surface area contributed by atoms with Gasteiger partial charge in [-0.1, -0.05) is 28.9 Å². The summed E-state index contributed by atoms with van der Waals surface area (Å²) in [5.41, 5.74) is 1.16. The highest BCUT2D eigenvalue weighted by molar-refractivity contribution is 6.32. The van der Waals surface area contributed by atoms with E-state index >= 15 is 0 Å². The van der Waals surface area contributed by atoms with Gasteiger partial charge in [-0.3, -0.25) is 4.79 Å². The average Bonchev–Trinajstić information content (AvgIpc) is 2.87. The highest BCUT2D eigenvalue weighted by Crippen LogP contribution is 2.37. The van der Waals surface area contributed by atoms with Gasteiger partial charge < -0.3 is 14.6 Å². The minimum Gasteiger partial charge on any atom is -0.492 e. The number of aromatic nitrogens is 1. The Morgan fingerprint density at radius 2 is 2.35 bits per heavy atom. The lowest BCUT2D eigenvalue weighted by molar-refractivity contribution is 0.0915. The Hall–Kier alpha value is -2.01. The van der Waals surface area contributed by atoms with E-state index in [1.807, 2.05) is 12.1 Å². The van der Waals surface area contributed by atoms with E-state index in [9.17, 15) is 4.79 Å².